The number of nitrogens with zero attached hydrogens (tertiary/aromatic N) is 2. The molecule has 0 unspecified atom stereocenters. The van der Waals surface area contributed by atoms with Gasteiger partial charge >= 0.3 is 0 Å². The Morgan fingerprint density at radius 1 is 1.22 bits per heavy atom. The topological polar surface area (TPSA) is 73.3 Å². The van der Waals surface area contributed by atoms with E-state index in [2.05, 4.69) is 29.4 Å². The third-order valence-electron chi connectivity index (χ3n) is 3.65. The first-order valence-electron chi connectivity index (χ1n) is 7.49. The lowest BCUT2D eigenvalue weighted by atomic mass is 10.1. The van der Waals surface area contributed by atoms with Crippen molar-refractivity contribution in [3.05, 3.63) is 28.8 Å². The summed E-state index contributed by atoms with van der Waals surface area (Å²) < 4.78 is 10.4. The molecule has 7 heteroatoms. The Kier molecular flexibility index (Phi) is 5.92. The van der Waals surface area contributed by atoms with Crippen molar-refractivity contribution < 1.29 is 14.3 Å². The molecule has 23 heavy (non-hydrogen) atoms. The van der Waals surface area contributed by atoms with Crippen LogP contribution in [0.15, 0.2) is 18.2 Å². The maximum Gasteiger partial charge on any atom is 0.261 e. The van der Waals surface area contributed by atoms with Gasteiger partial charge in [0, 0.05) is 12.0 Å². The monoisotopic (exact) mass is 335 g/mol. The van der Waals surface area contributed by atoms with E-state index in [-0.39, 0.29) is 5.91 Å². The number of benzene rings is 1. The maximum absolute atomic E-state index is 12.4. The van der Waals surface area contributed by atoms with Crippen molar-refractivity contribution in [1.29, 1.82) is 0 Å². The molecule has 0 radical (unpaired) electrons. The third-order valence-corrected chi connectivity index (χ3v) is 4.65. The number of rotatable bonds is 7. The van der Waals surface area contributed by atoms with Crippen LogP contribution in [0.25, 0.3) is 0 Å². The zero-order valence-electron chi connectivity index (χ0n) is 13.8. The zero-order valence-corrected chi connectivity index (χ0v) is 14.6. The molecular weight excluding hydrogens is 314 g/mol. The van der Waals surface area contributed by atoms with Crippen molar-refractivity contribution in [2.75, 3.05) is 19.5 Å². The van der Waals surface area contributed by atoms with Crippen molar-refractivity contribution in [2.24, 2.45) is 0 Å². The molecule has 0 aliphatic carbocycles. The van der Waals surface area contributed by atoms with Crippen molar-refractivity contribution in [3.8, 4) is 11.5 Å². The molecule has 0 aliphatic rings. The van der Waals surface area contributed by atoms with E-state index in [1.165, 1.54) is 18.4 Å². The van der Waals surface area contributed by atoms with Crippen LogP contribution < -0.4 is 14.8 Å². The van der Waals surface area contributed by atoms with Crippen LogP contribution in [-0.4, -0.2) is 30.3 Å². The summed E-state index contributed by atoms with van der Waals surface area (Å²) in [4.78, 5) is 12.4. The fourth-order valence-electron chi connectivity index (χ4n) is 2.24. The molecule has 1 heterocycles. The minimum absolute atomic E-state index is 0.281. The summed E-state index contributed by atoms with van der Waals surface area (Å²) in [5.41, 5.74) is 0.424. The quantitative estimate of drug-likeness (QED) is 0.835. The SMILES string of the molecule is CCC(CC)c1nnc(NC(=O)c2ccc(OC)cc2OC)s1. The molecule has 1 aromatic carbocycles. The van der Waals surface area contributed by atoms with Gasteiger partial charge in [0.05, 0.1) is 19.8 Å². The minimum Gasteiger partial charge on any atom is -0.497 e. The van der Waals surface area contributed by atoms with E-state index in [4.69, 9.17) is 9.47 Å². The molecule has 0 saturated heterocycles. The van der Waals surface area contributed by atoms with Crippen LogP contribution in [0.2, 0.25) is 0 Å². The number of amides is 1. The second kappa shape index (κ2) is 7.92. The number of aromatic nitrogens is 2. The van der Waals surface area contributed by atoms with Gasteiger partial charge in [-0.15, -0.1) is 10.2 Å². The largest absolute Gasteiger partial charge is 0.497 e. The van der Waals surface area contributed by atoms with Crippen molar-refractivity contribution >= 4 is 22.4 Å². The number of ether oxygens (including phenoxy) is 2. The summed E-state index contributed by atoms with van der Waals surface area (Å²) in [7, 11) is 3.08. The van der Waals surface area contributed by atoms with Gasteiger partial charge in [0.15, 0.2) is 0 Å². The van der Waals surface area contributed by atoms with Gasteiger partial charge in [0.1, 0.15) is 16.5 Å². The Hall–Kier alpha value is -2.15. The third kappa shape index (κ3) is 3.98. The Balaban J connectivity index is 2.16. The van der Waals surface area contributed by atoms with Gasteiger partial charge in [0.2, 0.25) is 5.13 Å². The highest BCUT2D eigenvalue weighted by molar-refractivity contribution is 7.15. The van der Waals surface area contributed by atoms with Crippen LogP contribution in [0.5, 0.6) is 11.5 Å². The Morgan fingerprint density at radius 2 is 1.96 bits per heavy atom. The van der Waals surface area contributed by atoms with Gasteiger partial charge in [-0.05, 0) is 25.0 Å². The van der Waals surface area contributed by atoms with Crippen LogP contribution >= 0.6 is 11.3 Å². The summed E-state index contributed by atoms with van der Waals surface area (Å²) >= 11 is 1.41. The van der Waals surface area contributed by atoms with Crippen LogP contribution in [0.1, 0.15) is 48.0 Å². The lowest BCUT2D eigenvalue weighted by Gasteiger charge is -2.09. The number of carbonyl (C=O) groups is 1. The smallest absolute Gasteiger partial charge is 0.261 e. The molecule has 6 nitrogen and oxygen atoms in total. The fourth-order valence-corrected chi connectivity index (χ4v) is 3.24. The maximum atomic E-state index is 12.4. The predicted octanol–water partition coefficient (Wildman–Crippen LogP) is 3.71. The highest BCUT2D eigenvalue weighted by Gasteiger charge is 2.17. The van der Waals surface area contributed by atoms with Crippen LogP contribution in [0.3, 0.4) is 0 Å². The molecule has 0 spiro atoms. The highest BCUT2D eigenvalue weighted by atomic mass is 32.1. The second-order valence-electron chi connectivity index (χ2n) is 4.98. The van der Waals surface area contributed by atoms with Gasteiger partial charge < -0.3 is 9.47 Å². The lowest BCUT2D eigenvalue weighted by Crippen LogP contribution is -2.13. The van der Waals surface area contributed by atoms with Crippen molar-refractivity contribution in [3.63, 3.8) is 0 Å². The first kappa shape index (κ1) is 17.2. The average Bonchev–Trinajstić information content (AvgIpc) is 3.03. The molecule has 0 saturated carbocycles. The highest BCUT2D eigenvalue weighted by Crippen LogP contribution is 2.29. The van der Waals surface area contributed by atoms with E-state index in [9.17, 15) is 4.79 Å². The first-order chi connectivity index (χ1) is 11.1. The fraction of sp³-hybridized carbons (Fsp3) is 0.438. The molecule has 2 rings (SSSR count). The summed E-state index contributed by atoms with van der Waals surface area (Å²) in [6.45, 7) is 4.24. The van der Waals surface area contributed by atoms with Gasteiger partial charge in [0.25, 0.3) is 5.91 Å². The molecule has 2 aromatic rings. The van der Waals surface area contributed by atoms with Gasteiger partial charge in [-0.2, -0.15) is 0 Å². The van der Waals surface area contributed by atoms with Crippen LogP contribution in [0, 0.1) is 0 Å². The summed E-state index contributed by atoms with van der Waals surface area (Å²) in [5, 5.41) is 12.5. The average molecular weight is 335 g/mol. The first-order valence-corrected chi connectivity index (χ1v) is 8.31. The number of hydrogen-bond acceptors (Lipinski definition) is 6. The molecule has 124 valence electrons. The van der Waals surface area contributed by atoms with E-state index in [1.807, 2.05) is 0 Å². The Labute approximate surface area is 139 Å². The number of methoxy groups -OCH3 is 2. The van der Waals surface area contributed by atoms with Gasteiger partial charge in [-0.3, -0.25) is 10.1 Å². The normalized spacial score (nSPS) is 10.7. The van der Waals surface area contributed by atoms with Crippen molar-refractivity contribution in [1.82, 2.24) is 10.2 Å². The van der Waals surface area contributed by atoms with E-state index in [1.54, 1.807) is 25.3 Å². The predicted molar refractivity (Wildman–Crippen MR) is 90.7 cm³/mol. The molecule has 0 aliphatic heterocycles. The van der Waals surface area contributed by atoms with Gasteiger partial charge in [-0.1, -0.05) is 25.2 Å². The van der Waals surface area contributed by atoms with E-state index < -0.39 is 0 Å². The number of carbonyl (C=O) groups excluding carboxylic acids is 1. The van der Waals surface area contributed by atoms with Gasteiger partial charge in [-0.25, -0.2) is 0 Å². The number of nitrogens with one attached hydrogen (secondary N) is 1. The van der Waals surface area contributed by atoms with Crippen LogP contribution in [-0.2, 0) is 0 Å². The van der Waals surface area contributed by atoms with E-state index >= 15 is 0 Å². The minimum atomic E-state index is -0.281. The van der Waals surface area contributed by atoms with Crippen LogP contribution in [0.4, 0.5) is 5.13 Å². The second-order valence-corrected chi connectivity index (χ2v) is 5.99. The Bertz CT molecular complexity index is 668. The van der Waals surface area contributed by atoms with Crippen molar-refractivity contribution in [2.45, 2.75) is 32.6 Å². The number of hydrogen-bond donors (Lipinski definition) is 1. The number of anilines is 1. The molecule has 1 aromatic heterocycles. The molecule has 0 bridgehead atoms. The standard InChI is InChI=1S/C16H21N3O3S/c1-5-10(6-2)15-18-19-16(23-15)17-14(20)12-8-7-11(21-3)9-13(12)22-4/h7-10H,5-6H2,1-4H3,(H,17,19,20). The molecular formula is C16H21N3O3S. The van der Waals surface area contributed by atoms with E-state index in [0.717, 1.165) is 17.8 Å². The molecule has 0 atom stereocenters. The summed E-state index contributed by atoms with van der Waals surface area (Å²) in [5.74, 6) is 1.18. The van der Waals surface area contributed by atoms with E-state index in [0.29, 0.717) is 28.1 Å². The molecule has 0 fully saturated rings. The molecule has 1 amide bonds. The summed E-state index contributed by atoms with van der Waals surface area (Å²) in [6.07, 6.45) is 2.01. The summed E-state index contributed by atoms with van der Waals surface area (Å²) in [6, 6.07) is 5.05. The molecule has 1 N–H and O–H groups in total. The Morgan fingerprint density at radius 3 is 2.57 bits per heavy atom. The lowest BCUT2D eigenvalue weighted by molar-refractivity contribution is 0.102. The zero-order chi connectivity index (χ0) is 16.8.